The molecule has 1 N–H and O–H groups in total. The van der Waals surface area contributed by atoms with E-state index in [1.807, 2.05) is 0 Å². The van der Waals surface area contributed by atoms with E-state index in [0.29, 0.717) is 11.1 Å². The Morgan fingerprint density at radius 2 is 1.80 bits per heavy atom. The van der Waals surface area contributed by atoms with Gasteiger partial charge in [0.15, 0.2) is 0 Å². The Labute approximate surface area is 114 Å². The molecule has 0 unspecified atom stereocenters. The van der Waals surface area contributed by atoms with Gasteiger partial charge in [-0.15, -0.1) is 0 Å². The molecule has 0 aliphatic rings. The monoisotopic (exact) mass is 269 g/mol. The van der Waals surface area contributed by atoms with Crippen molar-refractivity contribution in [3.63, 3.8) is 0 Å². The van der Waals surface area contributed by atoms with E-state index >= 15 is 0 Å². The molecule has 0 fully saturated rings. The number of hydrogen-bond donors (Lipinski definition) is 1. The summed E-state index contributed by atoms with van der Waals surface area (Å²) in [5.41, 5.74) is 1.12. The molecule has 0 spiro atoms. The first-order valence-corrected chi connectivity index (χ1v) is 5.75. The highest BCUT2D eigenvalue weighted by molar-refractivity contribution is 5.85. The first-order chi connectivity index (χ1) is 9.66. The van der Waals surface area contributed by atoms with E-state index in [1.54, 1.807) is 36.4 Å². The average molecular weight is 269 g/mol. The van der Waals surface area contributed by atoms with E-state index < -0.39 is 4.92 Å². The SMILES string of the molecule is O=[N+]([O-])c1cccc(/C=N/N=C\c2ccccc2O)c1. The van der Waals surface area contributed by atoms with Gasteiger partial charge in [0.2, 0.25) is 0 Å². The van der Waals surface area contributed by atoms with Crippen molar-refractivity contribution in [1.29, 1.82) is 0 Å². The Kier molecular flexibility index (Phi) is 4.18. The van der Waals surface area contributed by atoms with Gasteiger partial charge in [-0.05, 0) is 12.1 Å². The number of aromatic hydroxyl groups is 1. The summed E-state index contributed by atoms with van der Waals surface area (Å²) in [4.78, 5) is 10.1. The molecule has 100 valence electrons. The van der Waals surface area contributed by atoms with E-state index in [2.05, 4.69) is 10.2 Å². The highest BCUT2D eigenvalue weighted by Gasteiger charge is 2.03. The number of nitro groups is 1. The Morgan fingerprint density at radius 1 is 1.05 bits per heavy atom. The van der Waals surface area contributed by atoms with Crippen molar-refractivity contribution in [2.45, 2.75) is 0 Å². The van der Waals surface area contributed by atoms with Crippen LogP contribution in [0.3, 0.4) is 0 Å². The number of para-hydroxylation sites is 1. The molecule has 0 bridgehead atoms. The summed E-state index contributed by atoms with van der Waals surface area (Å²) in [6.45, 7) is 0. The number of hydrogen-bond acceptors (Lipinski definition) is 5. The molecule has 0 saturated carbocycles. The van der Waals surface area contributed by atoms with Crippen molar-refractivity contribution in [2.75, 3.05) is 0 Å². The molecule has 2 rings (SSSR count). The average Bonchev–Trinajstić information content (AvgIpc) is 2.45. The van der Waals surface area contributed by atoms with Gasteiger partial charge < -0.3 is 5.11 Å². The molecule has 0 amide bonds. The quantitative estimate of drug-likeness (QED) is 0.525. The summed E-state index contributed by atoms with van der Waals surface area (Å²) < 4.78 is 0. The molecule has 0 aromatic heterocycles. The zero-order valence-corrected chi connectivity index (χ0v) is 10.4. The predicted octanol–water partition coefficient (Wildman–Crippen LogP) is 2.75. The van der Waals surface area contributed by atoms with E-state index in [4.69, 9.17) is 0 Å². The topological polar surface area (TPSA) is 88.1 Å². The number of nitro benzene ring substituents is 1. The predicted molar refractivity (Wildman–Crippen MR) is 76.4 cm³/mol. The van der Waals surface area contributed by atoms with Crippen LogP contribution in [-0.4, -0.2) is 22.5 Å². The molecule has 0 aliphatic carbocycles. The van der Waals surface area contributed by atoms with Crippen molar-refractivity contribution < 1.29 is 10.0 Å². The van der Waals surface area contributed by atoms with E-state index in [9.17, 15) is 15.2 Å². The molecule has 0 atom stereocenters. The third-order valence-corrected chi connectivity index (χ3v) is 2.49. The van der Waals surface area contributed by atoms with Crippen LogP contribution in [0.5, 0.6) is 5.75 Å². The van der Waals surface area contributed by atoms with Gasteiger partial charge >= 0.3 is 0 Å². The fraction of sp³-hybridized carbons (Fsp3) is 0. The number of rotatable bonds is 4. The lowest BCUT2D eigenvalue weighted by atomic mass is 10.2. The standard InChI is InChI=1S/C14H11N3O3/c18-14-7-2-1-5-12(14)10-16-15-9-11-4-3-6-13(8-11)17(19)20/h1-10,18H/b15-9+,16-10-. The lowest BCUT2D eigenvalue weighted by Gasteiger charge is -1.95. The molecular weight excluding hydrogens is 258 g/mol. The van der Waals surface area contributed by atoms with Crippen LogP contribution in [0.1, 0.15) is 11.1 Å². The summed E-state index contributed by atoms with van der Waals surface area (Å²) >= 11 is 0. The second kappa shape index (κ2) is 6.24. The second-order valence-corrected chi connectivity index (χ2v) is 3.90. The van der Waals surface area contributed by atoms with E-state index in [-0.39, 0.29) is 11.4 Å². The smallest absolute Gasteiger partial charge is 0.270 e. The maximum atomic E-state index is 10.6. The summed E-state index contributed by atoms with van der Waals surface area (Å²) in [5.74, 6) is 0.113. The summed E-state index contributed by atoms with van der Waals surface area (Å²) in [6, 6.07) is 12.8. The van der Waals surface area contributed by atoms with Crippen molar-refractivity contribution >= 4 is 18.1 Å². The van der Waals surface area contributed by atoms with Gasteiger partial charge in [0.05, 0.1) is 17.4 Å². The Morgan fingerprint density at radius 3 is 2.55 bits per heavy atom. The van der Waals surface area contributed by atoms with Crippen LogP contribution in [-0.2, 0) is 0 Å². The van der Waals surface area contributed by atoms with Crippen LogP contribution >= 0.6 is 0 Å². The highest BCUT2D eigenvalue weighted by Crippen LogP contribution is 2.13. The molecule has 0 saturated heterocycles. The lowest BCUT2D eigenvalue weighted by Crippen LogP contribution is -1.89. The van der Waals surface area contributed by atoms with Crippen LogP contribution in [0, 0.1) is 10.1 Å². The van der Waals surface area contributed by atoms with Crippen molar-refractivity contribution in [1.82, 2.24) is 0 Å². The Hall–Kier alpha value is -3.02. The molecule has 2 aromatic rings. The van der Waals surface area contributed by atoms with Crippen molar-refractivity contribution in [3.8, 4) is 5.75 Å². The molecule has 6 heteroatoms. The Balaban J connectivity index is 2.09. The highest BCUT2D eigenvalue weighted by atomic mass is 16.6. The molecule has 2 aromatic carbocycles. The molecule has 0 aliphatic heterocycles. The van der Waals surface area contributed by atoms with Gasteiger partial charge in [0.1, 0.15) is 5.75 Å². The van der Waals surface area contributed by atoms with Gasteiger partial charge in [-0.1, -0.05) is 24.3 Å². The zero-order chi connectivity index (χ0) is 14.4. The molecule has 20 heavy (non-hydrogen) atoms. The fourth-order valence-corrected chi connectivity index (χ4v) is 1.51. The number of phenolic OH excluding ortho intramolecular Hbond substituents is 1. The minimum Gasteiger partial charge on any atom is -0.507 e. The van der Waals surface area contributed by atoms with Crippen LogP contribution in [0.2, 0.25) is 0 Å². The van der Waals surface area contributed by atoms with Gasteiger partial charge in [0.25, 0.3) is 5.69 Å². The van der Waals surface area contributed by atoms with E-state index in [1.165, 1.54) is 24.6 Å². The first-order valence-electron chi connectivity index (χ1n) is 5.75. The van der Waals surface area contributed by atoms with Crippen LogP contribution in [0.4, 0.5) is 5.69 Å². The zero-order valence-electron chi connectivity index (χ0n) is 10.4. The summed E-state index contributed by atoms with van der Waals surface area (Å²) in [7, 11) is 0. The van der Waals surface area contributed by atoms with Crippen LogP contribution < -0.4 is 0 Å². The number of nitrogens with zero attached hydrogens (tertiary/aromatic N) is 3. The Bertz CT molecular complexity index is 681. The summed E-state index contributed by atoms with van der Waals surface area (Å²) in [6.07, 6.45) is 2.81. The minimum absolute atomic E-state index is 0.00127. The number of non-ortho nitro benzene ring substituents is 1. The van der Waals surface area contributed by atoms with E-state index in [0.717, 1.165) is 0 Å². The number of benzene rings is 2. The second-order valence-electron chi connectivity index (χ2n) is 3.90. The normalized spacial score (nSPS) is 11.2. The fourth-order valence-electron chi connectivity index (χ4n) is 1.51. The molecule has 0 heterocycles. The third-order valence-electron chi connectivity index (χ3n) is 2.49. The van der Waals surface area contributed by atoms with Crippen molar-refractivity contribution in [3.05, 3.63) is 69.8 Å². The van der Waals surface area contributed by atoms with Crippen LogP contribution in [0.25, 0.3) is 0 Å². The van der Waals surface area contributed by atoms with Gasteiger partial charge in [-0.2, -0.15) is 10.2 Å². The summed E-state index contributed by atoms with van der Waals surface area (Å²) in [5, 5.41) is 27.7. The first kappa shape index (κ1) is 13.4. The minimum atomic E-state index is -0.470. The maximum absolute atomic E-state index is 10.6. The molecular formula is C14H11N3O3. The number of phenols is 1. The van der Waals surface area contributed by atoms with Gasteiger partial charge in [-0.25, -0.2) is 0 Å². The largest absolute Gasteiger partial charge is 0.507 e. The van der Waals surface area contributed by atoms with Crippen LogP contribution in [0.15, 0.2) is 58.7 Å². The molecule has 6 nitrogen and oxygen atoms in total. The van der Waals surface area contributed by atoms with Crippen molar-refractivity contribution in [2.24, 2.45) is 10.2 Å². The lowest BCUT2D eigenvalue weighted by molar-refractivity contribution is -0.384. The van der Waals surface area contributed by atoms with Gasteiger partial charge in [-0.3, -0.25) is 10.1 Å². The van der Waals surface area contributed by atoms with Gasteiger partial charge in [0, 0.05) is 23.3 Å². The maximum Gasteiger partial charge on any atom is 0.270 e. The third kappa shape index (κ3) is 3.49. The molecule has 0 radical (unpaired) electrons.